The number of nitrogens with zero attached hydrogens (tertiary/aromatic N) is 1. The zero-order valence-electron chi connectivity index (χ0n) is 11.7. The van der Waals surface area contributed by atoms with Gasteiger partial charge in [-0.05, 0) is 50.5 Å². The summed E-state index contributed by atoms with van der Waals surface area (Å²) in [6.07, 6.45) is -3.98. The van der Waals surface area contributed by atoms with Crippen molar-refractivity contribution in [1.29, 1.82) is 0 Å². The van der Waals surface area contributed by atoms with E-state index in [-0.39, 0.29) is 18.4 Å². The zero-order chi connectivity index (χ0) is 15.6. The Morgan fingerprint density at radius 2 is 2.14 bits per heavy atom. The fourth-order valence-electron chi connectivity index (χ4n) is 2.40. The number of alkyl halides is 3. The molecule has 0 saturated heterocycles. The molecule has 1 unspecified atom stereocenters. The molecule has 1 aliphatic rings. The van der Waals surface area contributed by atoms with Crippen LogP contribution < -0.4 is 9.64 Å². The average molecular weight is 303 g/mol. The first-order valence-corrected chi connectivity index (χ1v) is 6.66. The lowest BCUT2D eigenvalue weighted by Gasteiger charge is -2.34. The highest BCUT2D eigenvalue weighted by atomic mass is 19.4. The summed E-state index contributed by atoms with van der Waals surface area (Å²) < 4.78 is 45.6. The minimum absolute atomic E-state index is 0.0639. The van der Waals surface area contributed by atoms with Crippen LogP contribution in [0.5, 0.6) is 5.75 Å². The molecule has 21 heavy (non-hydrogen) atoms. The van der Waals surface area contributed by atoms with E-state index < -0.39 is 12.5 Å². The lowest BCUT2D eigenvalue weighted by Crippen LogP contribution is -2.42. The van der Waals surface area contributed by atoms with Gasteiger partial charge in [-0.15, -0.1) is 13.2 Å². The Balaban J connectivity index is 2.30. The standard InChI is InChI=1S/C14H16F3NO3/c1-3-20-13(19)18-9(2)4-5-10-8-11(6-7-12(10)18)21-14(15,16)17/h6-9H,3-5H2,1-2H3. The predicted octanol–water partition coefficient (Wildman–Crippen LogP) is 3.88. The lowest BCUT2D eigenvalue weighted by atomic mass is 9.97. The second-order valence-electron chi connectivity index (χ2n) is 4.79. The van der Waals surface area contributed by atoms with Crippen molar-refractivity contribution in [3.63, 3.8) is 0 Å². The van der Waals surface area contributed by atoms with Crippen LogP contribution in [0.4, 0.5) is 23.7 Å². The highest BCUT2D eigenvalue weighted by Crippen LogP contribution is 2.35. The molecule has 1 atom stereocenters. The SMILES string of the molecule is CCOC(=O)N1c2ccc(OC(F)(F)F)cc2CCC1C. The molecule has 1 heterocycles. The molecule has 0 N–H and O–H groups in total. The molecule has 0 aromatic heterocycles. The van der Waals surface area contributed by atoms with Crippen LogP contribution in [0, 0.1) is 0 Å². The Hall–Kier alpha value is -1.92. The number of hydrogen-bond acceptors (Lipinski definition) is 3. The van der Waals surface area contributed by atoms with Gasteiger partial charge in [-0.2, -0.15) is 0 Å². The predicted molar refractivity (Wildman–Crippen MR) is 70.4 cm³/mol. The number of anilines is 1. The Morgan fingerprint density at radius 1 is 1.43 bits per heavy atom. The second kappa shape index (κ2) is 5.83. The van der Waals surface area contributed by atoms with Gasteiger partial charge in [0.1, 0.15) is 5.75 Å². The van der Waals surface area contributed by atoms with Gasteiger partial charge in [-0.3, -0.25) is 4.90 Å². The second-order valence-corrected chi connectivity index (χ2v) is 4.79. The van der Waals surface area contributed by atoms with Crippen molar-refractivity contribution < 1.29 is 27.4 Å². The molecule has 0 radical (unpaired) electrons. The molecule has 0 saturated carbocycles. The van der Waals surface area contributed by atoms with Gasteiger partial charge in [0, 0.05) is 6.04 Å². The molecule has 0 bridgehead atoms. The number of fused-ring (bicyclic) bond motifs is 1. The number of carbonyl (C=O) groups excluding carboxylic acids is 1. The summed E-state index contributed by atoms with van der Waals surface area (Å²) in [7, 11) is 0. The van der Waals surface area contributed by atoms with Gasteiger partial charge in [0.15, 0.2) is 0 Å². The van der Waals surface area contributed by atoms with Crippen molar-refractivity contribution in [2.75, 3.05) is 11.5 Å². The first-order valence-electron chi connectivity index (χ1n) is 6.66. The van der Waals surface area contributed by atoms with Crippen molar-refractivity contribution >= 4 is 11.8 Å². The van der Waals surface area contributed by atoms with Gasteiger partial charge in [0.25, 0.3) is 0 Å². The molecule has 1 amide bonds. The molecule has 7 heteroatoms. The van der Waals surface area contributed by atoms with E-state index in [2.05, 4.69) is 4.74 Å². The van der Waals surface area contributed by atoms with Gasteiger partial charge in [-0.25, -0.2) is 4.79 Å². The number of benzene rings is 1. The quantitative estimate of drug-likeness (QED) is 0.832. The molecular weight excluding hydrogens is 287 g/mol. The van der Waals surface area contributed by atoms with Gasteiger partial charge in [0.05, 0.1) is 12.3 Å². The maximum absolute atomic E-state index is 12.2. The molecule has 116 valence electrons. The fourth-order valence-corrected chi connectivity index (χ4v) is 2.40. The average Bonchev–Trinajstić information content (AvgIpc) is 2.37. The van der Waals surface area contributed by atoms with E-state index in [1.807, 2.05) is 6.92 Å². The van der Waals surface area contributed by atoms with E-state index in [9.17, 15) is 18.0 Å². The molecule has 0 spiro atoms. The molecule has 0 fully saturated rings. The number of rotatable bonds is 2. The van der Waals surface area contributed by atoms with E-state index in [0.29, 0.717) is 24.1 Å². The number of amides is 1. The highest BCUT2D eigenvalue weighted by molar-refractivity contribution is 5.90. The summed E-state index contributed by atoms with van der Waals surface area (Å²) in [4.78, 5) is 13.4. The minimum atomic E-state index is -4.73. The molecule has 2 rings (SSSR count). The Morgan fingerprint density at radius 3 is 2.76 bits per heavy atom. The Labute approximate surface area is 120 Å². The molecule has 1 aromatic rings. The zero-order valence-corrected chi connectivity index (χ0v) is 11.7. The number of halogens is 3. The Bertz CT molecular complexity index is 531. The maximum Gasteiger partial charge on any atom is 0.573 e. The third-order valence-corrected chi connectivity index (χ3v) is 3.28. The van der Waals surface area contributed by atoms with E-state index in [1.165, 1.54) is 23.1 Å². The number of aryl methyl sites for hydroxylation is 1. The van der Waals surface area contributed by atoms with Crippen LogP contribution in [0.25, 0.3) is 0 Å². The third-order valence-electron chi connectivity index (χ3n) is 3.28. The molecule has 4 nitrogen and oxygen atoms in total. The van der Waals surface area contributed by atoms with E-state index >= 15 is 0 Å². The Kier molecular flexibility index (Phi) is 4.29. The summed E-state index contributed by atoms with van der Waals surface area (Å²) in [6.45, 7) is 3.82. The van der Waals surface area contributed by atoms with Crippen LogP contribution in [0.3, 0.4) is 0 Å². The largest absolute Gasteiger partial charge is 0.573 e. The summed E-state index contributed by atoms with van der Waals surface area (Å²) in [5, 5.41) is 0. The van der Waals surface area contributed by atoms with Gasteiger partial charge in [-0.1, -0.05) is 0 Å². The van der Waals surface area contributed by atoms with Crippen molar-refractivity contribution in [2.24, 2.45) is 0 Å². The molecular formula is C14H16F3NO3. The van der Waals surface area contributed by atoms with Crippen LogP contribution in [-0.4, -0.2) is 25.1 Å². The number of ether oxygens (including phenoxy) is 2. The number of carbonyl (C=O) groups is 1. The summed E-state index contributed by atoms with van der Waals surface area (Å²) >= 11 is 0. The van der Waals surface area contributed by atoms with Crippen LogP contribution in [-0.2, 0) is 11.2 Å². The van der Waals surface area contributed by atoms with E-state index in [4.69, 9.17) is 4.74 Å². The van der Waals surface area contributed by atoms with Crippen molar-refractivity contribution in [2.45, 2.75) is 39.1 Å². The van der Waals surface area contributed by atoms with Gasteiger partial charge < -0.3 is 9.47 Å². The normalized spacial score (nSPS) is 18.1. The van der Waals surface area contributed by atoms with Crippen molar-refractivity contribution in [1.82, 2.24) is 0 Å². The first-order chi connectivity index (χ1) is 9.81. The summed E-state index contributed by atoms with van der Waals surface area (Å²) in [6, 6.07) is 3.92. The third kappa shape index (κ3) is 3.59. The van der Waals surface area contributed by atoms with Gasteiger partial charge >= 0.3 is 12.5 Å². The number of hydrogen-bond donors (Lipinski definition) is 0. The molecule has 1 aromatic carbocycles. The fraction of sp³-hybridized carbons (Fsp3) is 0.500. The van der Waals surface area contributed by atoms with Crippen LogP contribution in [0.2, 0.25) is 0 Å². The summed E-state index contributed by atoms with van der Waals surface area (Å²) in [5.74, 6) is -0.278. The minimum Gasteiger partial charge on any atom is -0.449 e. The van der Waals surface area contributed by atoms with Crippen LogP contribution >= 0.6 is 0 Å². The van der Waals surface area contributed by atoms with Crippen molar-refractivity contribution in [3.05, 3.63) is 23.8 Å². The van der Waals surface area contributed by atoms with Crippen LogP contribution in [0.1, 0.15) is 25.8 Å². The van der Waals surface area contributed by atoms with Crippen LogP contribution in [0.15, 0.2) is 18.2 Å². The topological polar surface area (TPSA) is 38.8 Å². The van der Waals surface area contributed by atoms with E-state index in [1.54, 1.807) is 6.92 Å². The van der Waals surface area contributed by atoms with E-state index in [0.717, 1.165) is 0 Å². The molecule has 0 aliphatic carbocycles. The maximum atomic E-state index is 12.2. The molecule has 1 aliphatic heterocycles. The lowest BCUT2D eigenvalue weighted by molar-refractivity contribution is -0.274. The van der Waals surface area contributed by atoms with Crippen molar-refractivity contribution in [3.8, 4) is 5.75 Å². The monoisotopic (exact) mass is 303 g/mol. The highest BCUT2D eigenvalue weighted by Gasteiger charge is 2.33. The summed E-state index contributed by atoms with van der Waals surface area (Å²) in [5.41, 5.74) is 1.21. The first kappa shape index (κ1) is 15.5. The van der Waals surface area contributed by atoms with Gasteiger partial charge in [0.2, 0.25) is 0 Å². The smallest absolute Gasteiger partial charge is 0.449 e.